The number of phenolic OH excluding ortho intramolecular Hbond substituents is 2. The minimum Gasteiger partial charge on any atom is -0.508 e. The van der Waals surface area contributed by atoms with Gasteiger partial charge in [-0.2, -0.15) is 5.10 Å². The molecule has 1 amide bonds. The number of nitrogens with one attached hydrogen (secondary N) is 1. The maximum atomic E-state index is 15.0. The second kappa shape index (κ2) is 15.2. The van der Waals surface area contributed by atoms with E-state index in [4.69, 9.17) is 4.74 Å². The first-order valence-corrected chi connectivity index (χ1v) is 18.6. The number of halogens is 1. The number of aromatic nitrogens is 2. The molecule has 3 N–H and O–H groups in total. The fraction of sp³-hybridized carbons (Fsp3) is 0.163. The zero-order chi connectivity index (χ0) is 38.1. The number of phenols is 2. The van der Waals surface area contributed by atoms with Crippen LogP contribution in [0, 0.1) is 5.82 Å². The van der Waals surface area contributed by atoms with Crippen LogP contribution in [0.4, 0.5) is 4.39 Å². The molecule has 3 heterocycles. The molecule has 1 aliphatic heterocycles. The van der Waals surface area contributed by atoms with E-state index in [0.717, 1.165) is 20.5 Å². The molecule has 1 fully saturated rings. The van der Waals surface area contributed by atoms with Gasteiger partial charge in [0.25, 0.3) is 11.5 Å². The van der Waals surface area contributed by atoms with Crippen LogP contribution in [0.1, 0.15) is 37.5 Å². The highest BCUT2D eigenvalue weighted by Crippen LogP contribution is 2.41. The van der Waals surface area contributed by atoms with Gasteiger partial charge in [-0.3, -0.25) is 19.3 Å². The van der Waals surface area contributed by atoms with Crippen molar-refractivity contribution in [3.05, 3.63) is 153 Å². The van der Waals surface area contributed by atoms with E-state index in [1.165, 1.54) is 17.4 Å². The Morgan fingerprint density at radius 3 is 2.31 bits per heavy atom. The topological polar surface area (TPSA) is 136 Å². The third kappa shape index (κ3) is 7.42. The third-order valence-corrected chi connectivity index (χ3v) is 11.1. The van der Waals surface area contributed by atoms with Crippen molar-refractivity contribution in [1.82, 2.24) is 20.0 Å². The Bertz CT molecular complexity index is 2610. The van der Waals surface area contributed by atoms with Crippen molar-refractivity contribution in [2.45, 2.75) is 6.42 Å². The van der Waals surface area contributed by atoms with Gasteiger partial charge in [0.05, 0.1) is 16.6 Å². The van der Waals surface area contributed by atoms with Crippen LogP contribution in [0.25, 0.3) is 31.3 Å². The number of piperazine rings is 1. The number of ether oxygens (including phenoxy) is 1. The molecule has 7 aromatic rings. The highest BCUT2D eigenvalue weighted by atomic mass is 32.1. The van der Waals surface area contributed by atoms with Crippen LogP contribution in [0.3, 0.4) is 0 Å². The molecule has 0 unspecified atom stereocenters. The van der Waals surface area contributed by atoms with Crippen LogP contribution in [-0.4, -0.2) is 81.2 Å². The molecule has 0 bridgehead atoms. The summed E-state index contributed by atoms with van der Waals surface area (Å²) in [7, 11) is 0. The molecule has 8 rings (SSSR count). The summed E-state index contributed by atoms with van der Waals surface area (Å²) in [4.78, 5) is 44.2. The lowest BCUT2D eigenvalue weighted by Gasteiger charge is -2.34. The summed E-state index contributed by atoms with van der Waals surface area (Å²) in [6, 6.07) is 30.3. The number of aromatic amines is 1. The Morgan fingerprint density at radius 2 is 1.55 bits per heavy atom. The van der Waals surface area contributed by atoms with Crippen molar-refractivity contribution in [1.29, 1.82) is 0 Å². The fourth-order valence-electron chi connectivity index (χ4n) is 6.96. The number of hydrogen-bond acceptors (Lipinski definition) is 9. The molecule has 276 valence electrons. The number of hydrogen-bond donors (Lipinski definition) is 3. The lowest BCUT2D eigenvalue weighted by atomic mass is 9.97. The number of amides is 1. The Balaban J connectivity index is 0.865. The van der Waals surface area contributed by atoms with E-state index >= 15 is 0 Å². The Labute approximate surface area is 318 Å². The predicted molar refractivity (Wildman–Crippen MR) is 210 cm³/mol. The van der Waals surface area contributed by atoms with E-state index < -0.39 is 5.82 Å². The van der Waals surface area contributed by atoms with Crippen LogP contribution in [0.5, 0.6) is 17.2 Å². The molecular formula is C43H35FN4O6S. The van der Waals surface area contributed by atoms with Crippen LogP contribution in [-0.2, 0) is 6.42 Å². The average Bonchev–Trinajstić information content (AvgIpc) is 3.58. The SMILES string of the molecule is O=C(c1ccc(OCCN2CCN(C(=O)c3cc(Cc4n[nH]c(=O)c5ccccc45)ccc3F)CC2)cc1)c1c(-c2ccc(O)cc2)sc2cc(O)ccc12. The normalized spacial score (nSPS) is 13.4. The van der Waals surface area contributed by atoms with Crippen molar-refractivity contribution >= 4 is 43.9 Å². The zero-order valence-electron chi connectivity index (χ0n) is 29.5. The summed E-state index contributed by atoms with van der Waals surface area (Å²) in [5, 5.41) is 28.6. The summed E-state index contributed by atoms with van der Waals surface area (Å²) < 4.78 is 21.8. The van der Waals surface area contributed by atoms with Crippen molar-refractivity contribution in [3.8, 4) is 27.7 Å². The average molecular weight is 755 g/mol. The Kier molecular flexibility index (Phi) is 9.83. The number of benzene rings is 5. The first kappa shape index (κ1) is 35.6. The van der Waals surface area contributed by atoms with E-state index in [1.807, 2.05) is 12.1 Å². The number of fused-ring (bicyclic) bond motifs is 2. The minimum atomic E-state index is -0.585. The van der Waals surface area contributed by atoms with Crippen molar-refractivity contribution in [2.24, 2.45) is 0 Å². The number of rotatable bonds is 10. The number of H-pyrrole nitrogens is 1. The summed E-state index contributed by atoms with van der Waals surface area (Å²) in [5.74, 6) is -0.251. The predicted octanol–water partition coefficient (Wildman–Crippen LogP) is 7.01. The monoisotopic (exact) mass is 754 g/mol. The lowest BCUT2D eigenvalue weighted by Crippen LogP contribution is -2.49. The zero-order valence-corrected chi connectivity index (χ0v) is 30.3. The van der Waals surface area contributed by atoms with Gasteiger partial charge in [0.15, 0.2) is 5.78 Å². The van der Waals surface area contributed by atoms with Gasteiger partial charge in [0, 0.05) is 70.6 Å². The lowest BCUT2D eigenvalue weighted by molar-refractivity contribution is 0.0615. The van der Waals surface area contributed by atoms with Gasteiger partial charge in [0.2, 0.25) is 0 Å². The molecule has 10 nitrogen and oxygen atoms in total. The van der Waals surface area contributed by atoms with Gasteiger partial charge in [-0.05, 0) is 96.1 Å². The maximum absolute atomic E-state index is 15.0. The van der Waals surface area contributed by atoms with Gasteiger partial charge in [-0.15, -0.1) is 11.3 Å². The van der Waals surface area contributed by atoms with Gasteiger partial charge in [-0.1, -0.05) is 24.3 Å². The number of ketones is 1. The van der Waals surface area contributed by atoms with Gasteiger partial charge in [-0.25, -0.2) is 9.49 Å². The van der Waals surface area contributed by atoms with Crippen molar-refractivity contribution in [3.63, 3.8) is 0 Å². The minimum absolute atomic E-state index is 0.00741. The Hall–Kier alpha value is -6.37. The molecule has 0 aliphatic carbocycles. The second-order valence-corrected chi connectivity index (χ2v) is 14.5. The maximum Gasteiger partial charge on any atom is 0.272 e. The highest BCUT2D eigenvalue weighted by Gasteiger charge is 2.25. The number of carbonyl (C=O) groups is 2. The summed E-state index contributed by atoms with van der Waals surface area (Å²) >= 11 is 1.41. The van der Waals surface area contributed by atoms with Crippen LogP contribution in [0.15, 0.2) is 114 Å². The summed E-state index contributed by atoms with van der Waals surface area (Å²) in [5.41, 5.74) is 2.89. The number of carbonyl (C=O) groups excluding carboxylic acids is 2. The first-order chi connectivity index (χ1) is 26.7. The molecule has 2 aromatic heterocycles. The standard InChI is InChI=1S/C43H35FN4O6S/c44-36-16-5-26(24-37-32-3-1-2-4-33(32)42(52)46-45-37)23-35(36)43(53)48-19-17-47(18-20-48)21-22-54-31-13-8-27(9-14-31)40(51)39-34-15-12-30(50)25-38(34)55-41(39)28-6-10-29(49)11-7-28/h1-16,23,25,49-50H,17-22,24H2,(H,46,52). The molecule has 12 heteroatoms. The summed E-state index contributed by atoms with van der Waals surface area (Å²) in [6.07, 6.45) is 0.324. The second-order valence-electron chi connectivity index (χ2n) is 13.4. The molecule has 5 aromatic carbocycles. The van der Waals surface area contributed by atoms with Crippen LogP contribution in [0.2, 0.25) is 0 Å². The molecular weight excluding hydrogens is 720 g/mol. The van der Waals surface area contributed by atoms with E-state index in [0.29, 0.717) is 84.7 Å². The quantitative estimate of drug-likeness (QED) is 0.127. The molecule has 0 saturated carbocycles. The summed E-state index contributed by atoms with van der Waals surface area (Å²) in [6.45, 7) is 3.11. The fourth-order valence-corrected chi connectivity index (χ4v) is 8.20. The van der Waals surface area contributed by atoms with Gasteiger partial charge >= 0.3 is 0 Å². The molecule has 55 heavy (non-hydrogen) atoms. The van der Waals surface area contributed by atoms with Crippen LogP contribution < -0.4 is 10.3 Å². The molecule has 1 saturated heterocycles. The number of nitrogens with zero attached hydrogens (tertiary/aromatic N) is 3. The number of thiophene rings is 1. The van der Waals surface area contributed by atoms with Crippen molar-refractivity contribution < 1.29 is 28.9 Å². The first-order valence-electron chi connectivity index (χ1n) is 17.8. The molecule has 0 radical (unpaired) electrons. The van der Waals surface area contributed by atoms with Gasteiger partial charge < -0.3 is 19.8 Å². The van der Waals surface area contributed by atoms with E-state index in [1.54, 1.807) is 95.9 Å². The largest absolute Gasteiger partial charge is 0.508 e. The van der Waals surface area contributed by atoms with E-state index in [9.17, 15) is 29.0 Å². The Morgan fingerprint density at radius 1 is 0.818 bits per heavy atom. The van der Waals surface area contributed by atoms with Gasteiger partial charge in [0.1, 0.15) is 29.7 Å². The molecule has 0 atom stereocenters. The highest BCUT2D eigenvalue weighted by molar-refractivity contribution is 7.22. The smallest absolute Gasteiger partial charge is 0.272 e. The van der Waals surface area contributed by atoms with E-state index in [2.05, 4.69) is 15.1 Å². The third-order valence-electron chi connectivity index (χ3n) is 9.89. The van der Waals surface area contributed by atoms with E-state index in [-0.39, 0.29) is 34.3 Å². The molecule has 0 spiro atoms. The van der Waals surface area contributed by atoms with Crippen LogP contribution >= 0.6 is 11.3 Å². The number of aromatic hydroxyl groups is 2. The van der Waals surface area contributed by atoms with Crippen molar-refractivity contribution in [2.75, 3.05) is 39.3 Å². The molecule has 1 aliphatic rings.